The first-order chi connectivity index (χ1) is 9.86. The van der Waals surface area contributed by atoms with Gasteiger partial charge in [0.1, 0.15) is 0 Å². The summed E-state index contributed by atoms with van der Waals surface area (Å²) in [5.41, 5.74) is 0. The van der Waals surface area contributed by atoms with Crippen LogP contribution < -0.4 is 5.32 Å². The molecule has 1 aromatic rings. The Bertz CT molecular complexity index is 614. The highest BCUT2D eigenvalue weighted by atomic mass is 32.2. The summed E-state index contributed by atoms with van der Waals surface area (Å²) in [6, 6.07) is 1.74. The summed E-state index contributed by atoms with van der Waals surface area (Å²) in [6.07, 6.45) is 1.18. The average Bonchev–Trinajstić information content (AvgIpc) is 2.79. The molecular weight excluding hydrogens is 308 g/mol. The van der Waals surface area contributed by atoms with Crippen LogP contribution in [0.4, 0.5) is 0 Å². The number of nitrogens with one attached hydrogen (secondary N) is 1. The van der Waals surface area contributed by atoms with E-state index in [9.17, 15) is 13.2 Å². The SMILES string of the molecule is CCNC(=O)C1CCN(S(=O)(=O)c2cc(C)sc2C)CC1. The summed E-state index contributed by atoms with van der Waals surface area (Å²) in [7, 11) is -3.42. The highest BCUT2D eigenvalue weighted by molar-refractivity contribution is 7.89. The molecule has 1 N–H and O–H groups in total. The Hall–Kier alpha value is -0.920. The number of carbonyl (C=O) groups is 1. The van der Waals surface area contributed by atoms with Crippen LogP contribution in [0.5, 0.6) is 0 Å². The molecule has 0 saturated carbocycles. The Balaban J connectivity index is 2.08. The molecule has 2 heterocycles. The molecular formula is C14H22N2O3S2. The van der Waals surface area contributed by atoms with Gasteiger partial charge in [0, 0.05) is 35.3 Å². The summed E-state index contributed by atoms with van der Waals surface area (Å²) >= 11 is 1.50. The lowest BCUT2D eigenvalue weighted by Gasteiger charge is -2.30. The number of aryl methyl sites for hydroxylation is 2. The molecule has 1 aromatic heterocycles. The Morgan fingerprint density at radius 2 is 2.00 bits per heavy atom. The number of thiophene rings is 1. The number of carbonyl (C=O) groups excluding carboxylic acids is 1. The second kappa shape index (κ2) is 6.46. The summed E-state index contributed by atoms with van der Waals surface area (Å²) in [5, 5.41) is 2.81. The predicted molar refractivity (Wildman–Crippen MR) is 84.0 cm³/mol. The molecule has 1 aliphatic heterocycles. The molecule has 2 rings (SSSR count). The number of nitrogens with zero attached hydrogens (tertiary/aromatic N) is 1. The molecule has 7 heteroatoms. The van der Waals surface area contributed by atoms with Crippen molar-refractivity contribution in [3.05, 3.63) is 15.8 Å². The number of amides is 1. The minimum absolute atomic E-state index is 0.0390. The van der Waals surface area contributed by atoms with E-state index in [1.165, 1.54) is 15.6 Å². The van der Waals surface area contributed by atoms with Gasteiger partial charge in [-0.2, -0.15) is 4.31 Å². The van der Waals surface area contributed by atoms with Crippen molar-refractivity contribution in [2.24, 2.45) is 5.92 Å². The first-order valence-corrected chi connectivity index (χ1v) is 9.46. The van der Waals surface area contributed by atoms with Gasteiger partial charge in [-0.25, -0.2) is 8.42 Å². The van der Waals surface area contributed by atoms with E-state index in [0.717, 1.165) is 9.75 Å². The van der Waals surface area contributed by atoms with E-state index in [2.05, 4.69) is 5.32 Å². The van der Waals surface area contributed by atoms with Gasteiger partial charge >= 0.3 is 0 Å². The fourth-order valence-electron chi connectivity index (χ4n) is 2.68. The number of hydrogen-bond acceptors (Lipinski definition) is 4. The van der Waals surface area contributed by atoms with Gasteiger partial charge in [0.25, 0.3) is 0 Å². The van der Waals surface area contributed by atoms with E-state index in [1.807, 2.05) is 20.8 Å². The quantitative estimate of drug-likeness (QED) is 0.917. The number of rotatable bonds is 4. The van der Waals surface area contributed by atoms with E-state index < -0.39 is 10.0 Å². The van der Waals surface area contributed by atoms with Crippen LogP contribution in [-0.4, -0.2) is 38.3 Å². The lowest BCUT2D eigenvalue weighted by atomic mass is 9.97. The molecule has 1 saturated heterocycles. The van der Waals surface area contributed by atoms with Gasteiger partial charge in [0.2, 0.25) is 15.9 Å². The van der Waals surface area contributed by atoms with Gasteiger partial charge in [-0.05, 0) is 39.7 Å². The molecule has 118 valence electrons. The minimum atomic E-state index is -3.42. The van der Waals surface area contributed by atoms with Gasteiger partial charge in [0.05, 0.1) is 4.90 Å². The highest BCUT2D eigenvalue weighted by Gasteiger charge is 2.33. The first-order valence-electron chi connectivity index (χ1n) is 7.21. The van der Waals surface area contributed by atoms with Crippen molar-refractivity contribution >= 4 is 27.3 Å². The van der Waals surface area contributed by atoms with Crippen LogP contribution in [0, 0.1) is 19.8 Å². The largest absolute Gasteiger partial charge is 0.356 e. The summed E-state index contributed by atoms with van der Waals surface area (Å²) in [4.78, 5) is 14.1. The Morgan fingerprint density at radius 1 is 1.38 bits per heavy atom. The van der Waals surface area contributed by atoms with Gasteiger partial charge in [-0.15, -0.1) is 11.3 Å². The number of sulfonamides is 1. The lowest BCUT2D eigenvalue weighted by Crippen LogP contribution is -2.43. The zero-order valence-electron chi connectivity index (χ0n) is 12.7. The molecule has 0 aliphatic carbocycles. The van der Waals surface area contributed by atoms with Gasteiger partial charge in [-0.3, -0.25) is 4.79 Å². The summed E-state index contributed by atoms with van der Waals surface area (Å²) in [5.74, 6) is -0.0289. The molecule has 1 aliphatic rings. The van der Waals surface area contributed by atoms with E-state index in [4.69, 9.17) is 0 Å². The fourth-order valence-corrected chi connectivity index (χ4v) is 5.67. The number of piperidine rings is 1. The van der Waals surface area contributed by atoms with E-state index in [0.29, 0.717) is 37.4 Å². The maximum atomic E-state index is 12.7. The van der Waals surface area contributed by atoms with E-state index in [-0.39, 0.29) is 11.8 Å². The Morgan fingerprint density at radius 3 is 2.48 bits per heavy atom. The predicted octanol–water partition coefficient (Wildman–Crippen LogP) is 1.90. The topological polar surface area (TPSA) is 66.5 Å². The third-order valence-electron chi connectivity index (χ3n) is 3.79. The third kappa shape index (κ3) is 3.46. The van der Waals surface area contributed by atoms with Crippen LogP contribution in [0.15, 0.2) is 11.0 Å². The van der Waals surface area contributed by atoms with Gasteiger partial charge in [-0.1, -0.05) is 0 Å². The molecule has 1 fully saturated rings. The molecule has 0 bridgehead atoms. The zero-order valence-corrected chi connectivity index (χ0v) is 14.3. The monoisotopic (exact) mass is 330 g/mol. The molecule has 21 heavy (non-hydrogen) atoms. The van der Waals surface area contributed by atoms with Crippen molar-refractivity contribution in [1.29, 1.82) is 0 Å². The van der Waals surface area contributed by atoms with Gasteiger partial charge in [0.15, 0.2) is 0 Å². The van der Waals surface area contributed by atoms with Gasteiger partial charge < -0.3 is 5.32 Å². The first kappa shape index (κ1) is 16.5. The maximum absolute atomic E-state index is 12.7. The molecule has 1 amide bonds. The van der Waals surface area contributed by atoms with E-state index >= 15 is 0 Å². The maximum Gasteiger partial charge on any atom is 0.244 e. The van der Waals surface area contributed by atoms with Crippen LogP contribution in [0.1, 0.15) is 29.5 Å². The molecule has 5 nitrogen and oxygen atoms in total. The van der Waals surface area contributed by atoms with Crippen LogP contribution in [-0.2, 0) is 14.8 Å². The van der Waals surface area contributed by atoms with Crippen LogP contribution >= 0.6 is 11.3 Å². The molecule has 0 radical (unpaired) electrons. The molecule has 0 unspecified atom stereocenters. The molecule has 0 spiro atoms. The second-order valence-electron chi connectivity index (χ2n) is 5.35. The third-order valence-corrected chi connectivity index (χ3v) is 6.91. The Labute approximate surface area is 130 Å². The normalized spacial score (nSPS) is 17.9. The Kier molecular flexibility index (Phi) is 5.06. The van der Waals surface area contributed by atoms with Crippen LogP contribution in [0.25, 0.3) is 0 Å². The second-order valence-corrected chi connectivity index (χ2v) is 8.72. The van der Waals surface area contributed by atoms with Crippen molar-refractivity contribution in [2.75, 3.05) is 19.6 Å². The van der Waals surface area contributed by atoms with Crippen LogP contribution in [0.2, 0.25) is 0 Å². The van der Waals surface area contributed by atoms with Crippen molar-refractivity contribution in [1.82, 2.24) is 9.62 Å². The van der Waals surface area contributed by atoms with Crippen molar-refractivity contribution < 1.29 is 13.2 Å². The summed E-state index contributed by atoms with van der Waals surface area (Å²) < 4.78 is 26.8. The average molecular weight is 330 g/mol. The summed E-state index contributed by atoms with van der Waals surface area (Å²) in [6.45, 7) is 7.09. The zero-order chi connectivity index (χ0) is 15.6. The van der Waals surface area contributed by atoms with E-state index in [1.54, 1.807) is 6.07 Å². The fraction of sp³-hybridized carbons (Fsp3) is 0.643. The molecule has 0 atom stereocenters. The van der Waals surface area contributed by atoms with Crippen molar-refractivity contribution in [3.63, 3.8) is 0 Å². The van der Waals surface area contributed by atoms with Crippen molar-refractivity contribution in [3.8, 4) is 0 Å². The standard InChI is InChI=1S/C14H22N2O3S2/c1-4-15-14(17)12-5-7-16(8-6-12)21(18,19)13-9-10(2)20-11(13)3/h9,12H,4-8H2,1-3H3,(H,15,17). The number of hydrogen-bond donors (Lipinski definition) is 1. The minimum Gasteiger partial charge on any atom is -0.356 e. The van der Waals surface area contributed by atoms with Crippen LogP contribution in [0.3, 0.4) is 0 Å². The smallest absolute Gasteiger partial charge is 0.244 e. The van der Waals surface area contributed by atoms with Crippen molar-refractivity contribution in [2.45, 2.75) is 38.5 Å². The molecule has 0 aromatic carbocycles. The highest BCUT2D eigenvalue weighted by Crippen LogP contribution is 2.30. The lowest BCUT2D eigenvalue weighted by molar-refractivity contribution is -0.126.